The zero-order valence-electron chi connectivity index (χ0n) is 9.09. The number of hydrogen-bond donors (Lipinski definition) is 2. The average molecular weight is 245 g/mol. The van der Waals surface area contributed by atoms with Crippen molar-refractivity contribution in [3.63, 3.8) is 0 Å². The fraction of sp³-hybridized carbons (Fsp3) is 0. The number of imidazole rings is 1. The number of nitrogens with one attached hydrogen (secondary N) is 1. The number of anilines is 1. The standard InChI is InChI=1S/C11H8FN5O/c12-6-1-3-7(4-2-6)17-8-9(16-11(17)13)14-5-15-10(8)18/h1-5H,(H3,13,14,15,16,18). The van der Waals surface area contributed by atoms with E-state index in [4.69, 9.17) is 5.73 Å². The maximum absolute atomic E-state index is 12.9. The SMILES string of the molecule is Nc1nc2nc[nH]c(=O)c2n1-c1ccc(F)cc1. The summed E-state index contributed by atoms with van der Waals surface area (Å²) < 4.78 is 14.3. The Hall–Kier alpha value is -2.70. The number of H-pyrrole nitrogens is 1. The van der Waals surface area contributed by atoms with Crippen LogP contribution in [0.1, 0.15) is 0 Å². The first-order valence-electron chi connectivity index (χ1n) is 5.14. The summed E-state index contributed by atoms with van der Waals surface area (Å²) in [6, 6.07) is 5.59. The predicted octanol–water partition coefficient (Wildman–Crippen LogP) is 0.830. The lowest BCUT2D eigenvalue weighted by atomic mass is 10.3. The summed E-state index contributed by atoms with van der Waals surface area (Å²) in [5.74, 6) is -0.241. The van der Waals surface area contributed by atoms with E-state index in [9.17, 15) is 9.18 Å². The highest BCUT2D eigenvalue weighted by Crippen LogP contribution is 2.18. The second-order valence-electron chi connectivity index (χ2n) is 3.69. The van der Waals surface area contributed by atoms with Crippen LogP contribution in [-0.4, -0.2) is 19.5 Å². The van der Waals surface area contributed by atoms with Crippen molar-refractivity contribution in [3.8, 4) is 5.69 Å². The van der Waals surface area contributed by atoms with Crippen LogP contribution in [0.3, 0.4) is 0 Å². The maximum Gasteiger partial charge on any atom is 0.277 e. The third-order valence-corrected chi connectivity index (χ3v) is 2.57. The van der Waals surface area contributed by atoms with Gasteiger partial charge in [0.1, 0.15) is 5.82 Å². The van der Waals surface area contributed by atoms with Gasteiger partial charge in [-0.25, -0.2) is 9.37 Å². The van der Waals surface area contributed by atoms with Gasteiger partial charge in [0, 0.05) is 5.69 Å². The van der Waals surface area contributed by atoms with Crippen molar-refractivity contribution in [3.05, 3.63) is 46.8 Å². The van der Waals surface area contributed by atoms with Gasteiger partial charge in [-0.3, -0.25) is 9.36 Å². The maximum atomic E-state index is 12.9. The lowest BCUT2D eigenvalue weighted by Crippen LogP contribution is -2.11. The van der Waals surface area contributed by atoms with E-state index in [1.807, 2.05) is 0 Å². The summed E-state index contributed by atoms with van der Waals surface area (Å²) >= 11 is 0. The average Bonchev–Trinajstić information content (AvgIpc) is 2.68. The number of halogens is 1. The molecule has 0 aliphatic heterocycles. The van der Waals surface area contributed by atoms with E-state index < -0.39 is 0 Å². The second-order valence-corrected chi connectivity index (χ2v) is 3.69. The smallest absolute Gasteiger partial charge is 0.277 e. The van der Waals surface area contributed by atoms with Crippen molar-refractivity contribution in [2.45, 2.75) is 0 Å². The molecular formula is C11H8FN5O. The number of benzene rings is 1. The van der Waals surface area contributed by atoms with Crippen molar-refractivity contribution >= 4 is 17.1 Å². The van der Waals surface area contributed by atoms with Crippen LogP contribution in [-0.2, 0) is 0 Å². The topological polar surface area (TPSA) is 89.6 Å². The van der Waals surface area contributed by atoms with Gasteiger partial charge in [0.15, 0.2) is 11.2 Å². The Labute approximate surface area is 99.9 Å². The fourth-order valence-corrected chi connectivity index (χ4v) is 1.79. The summed E-state index contributed by atoms with van der Waals surface area (Å²) in [5.41, 5.74) is 6.44. The minimum atomic E-state index is -0.367. The van der Waals surface area contributed by atoms with Crippen molar-refractivity contribution in [1.82, 2.24) is 19.5 Å². The van der Waals surface area contributed by atoms with Gasteiger partial charge in [-0.2, -0.15) is 4.98 Å². The van der Waals surface area contributed by atoms with Crippen molar-refractivity contribution in [2.24, 2.45) is 0 Å². The van der Waals surface area contributed by atoms with Gasteiger partial charge < -0.3 is 10.7 Å². The third-order valence-electron chi connectivity index (χ3n) is 2.57. The van der Waals surface area contributed by atoms with E-state index in [1.165, 1.54) is 35.2 Å². The Morgan fingerprint density at radius 2 is 2.00 bits per heavy atom. The molecule has 2 heterocycles. The van der Waals surface area contributed by atoms with Crippen LogP contribution in [0.5, 0.6) is 0 Å². The molecule has 0 saturated heterocycles. The minimum absolute atomic E-state index is 0.126. The number of nitrogens with two attached hydrogens (primary N) is 1. The van der Waals surface area contributed by atoms with E-state index in [-0.39, 0.29) is 28.5 Å². The lowest BCUT2D eigenvalue weighted by molar-refractivity contribution is 0.627. The first-order valence-corrected chi connectivity index (χ1v) is 5.14. The number of nitrogen functional groups attached to an aromatic ring is 1. The number of fused-ring (bicyclic) bond motifs is 1. The molecule has 0 unspecified atom stereocenters. The quantitative estimate of drug-likeness (QED) is 0.664. The Kier molecular flexibility index (Phi) is 2.12. The molecular weight excluding hydrogens is 237 g/mol. The van der Waals surface area contributed by atoms with E-state index >= 15 is 0 Å². The molecule has 0 saturated carbocycles. The van der Waals surface area contributed by atoms with Crippen LogP contribution in [0.2, 0.25) is 0 Å². The minimum Gasteiger partial charge on any atom is -0.369 e. The summed E-state index contributed by atoms with van der Waals surface area (Å²) in [7, 11) is 0. The molecule has 1 aromatic carbocycles. The van der Waals surface area contributed by atoms with Crippen molar-refractivity contribution < 1.29 is 4.39 Å². The molecule has 90 valence electrons. The molecule has 7 heteroatoms. The summed E-state index contributed by atoms with van der Waals surface area (Å²) in [6.07, 6.45) is 1.26. The zero-order valence-corrected chi connectivity index (χ0v) is 9.09. The molecule has 2 aromatic heterocycles. The van der Waals surface area contributed by atoms with Gasteiger partial charge in [0.2, 0.25) is 5.95 Å². The molecule has 0 aliphatic rings. The molecule has 0 fully saturated rings. The predicted molar refractivity (Wildman–Crippen MR) is 63.9 cm³/mol. The van der Waals surface area contributed by atoms with Gasteiger partial charge in [0.05, 0.1) is 6.33 Å². The largest absolute Gasteiger partial charge is 0.369 e. The summed E-state index contributed by atoms with van der Waals surface area (Å²) in [6.45, 7) is 0. The molecule has 0 bridgehead atoms. The van der Waals surface area contributed by atoms with E-state index in [0.29, 0.717) is 5.69 Å². The van der Waals surface area contributed by atoms with Gasteiger partial charge in [-0.15, -0.1) is 0 Å². The highest BCUT2D eigenvalue weighted by atomic mass is 19.1. The highest BCUT2D eigenvalue weighted by Gasteiger charge is 2.13. The molecule has 3 rings (SSSR count). The molecule has 0 radical (unpaired) electrons. The van der Waals surface area contributed by atoms with E-state index in [0.717, 1.165) is 0 Å². The van der Waals surface area contributed by atoms with Crippen LogP contribution >= 0.6 is 0 Å². The second kappa shape index (κ2) is 3.66. The number of aromatic amines is 1. The Bertz CT molecular complexity index is 774. The Morgan fingerprint density at radius 1 is 1.28 bits per heavy atom. The molecule has 0 aliphatic carbocycles. The zero-order chi connectivity index (χ0) is 12.7. The summed E-state index contributed by atoms with van der Waals surface area (Å²) in [5, 5.41) is 0. The Morgan fingerprint density at radius 3 is 2.72 bits per heavy atom. The molecule has 18 heavy (non-hydrogen) atoms. The van der Waals surface area contributed by atoms with Gasteiger partial charge in [0.25, 0.3) is 5.56 Å². The third kappa shape index (κ3) is 1.45. The Balaban J connectivity index is 2.38. The monoisotopic (exact) mass is 245 g/mol. The number of hydrogen-bond acceptors (Lipinski definition) is 4. The van der Waals surface area contributed by atoms with Gasteiger partial charge >= 0.3 is 0 Å². The van der Waals surface area contributed by atoms with Crippen LogP contribution in [0.25, 0.3) is 16.9 Å². The molecule has 0 spiro atoms. The number of nitrogens with zero attached hydrogens (tertiary/aromatic N) is 3. The van der Waals surface area contributed by atoms with Crippen LogP contribution in [0, 0.1) is 5.82 Å². The normalized spacial score (nSPS) is 10.9. The van der Waals surface area contributed by atoms with Crippen molar-refractivity contribution in [2.75, 3.05) is 5.73 Å². The van der Waals surface area contributed by atoms with E-state index in [1.54, 1.807) is 0 Å². The van der Waals surface area contributed by atoms with Gasteiger partial charge in [-0.05, 0) is 24.3 Å². The molecule has 0 amide bonds. The van der Waals surface area contributed by atoms with E-state index in [2.05, 4.69) is 15.0 Å². The first kappa shape index (κ1) is 10.5. The highest BCUT2D eigenvalue weighted by molar-refractivity contribution is 5.75. The number of rotatable bonds is 1. The lowest BCUT2D eigenvalue weighted by Gasteiger charge is -2.04. The fourth-order valence-electron chi connectivity index (χ4n) is 1.79. The molecule has 6 nitrogen and oxygen atoms in total. The van der Waals surface area contributed by atoms with Crippen LogP contribution < -0.4 is 11.3 Å². The van der Waals surface area contributed by atoms with Crippen LogP contribution in [0.15, 0.2) is 35.4 Å². The molecule has 3 N–H and O–H groups in total. The van der Waals surface area contributed by atoms with Crippen molar-refractivity contribution in [1.29, 1.82) is 0 Å². The summed E-state index contributed by atoms with van der Waals surface area (Å²) in [4.78, 5) is 22.1. The molecule has 0 atom stereocenters. The number of aromatic nitrogens is 4. The first-order chi connectivity index (χ1) is 8.66. The van der Waals surface area contributed by atoms with Gasteiger partial charge in [-0.1, -0.05) is 0 Å². The molecule has 3 aromatic rings. The van der Waals surface area contributed by atoms with Crippen LogP contribution in [0.4, 0.5) is 10.3 Å².